The van der Waals surface area contributed by atoms with Crippen LogP contribution in [0.4, 0.5) is 5.00 Å². The van der Waals surface area contributed by atoms with E-state index in [0.29, 0.717) is 23.4 Å². The highest BCUT2D eigenvalue weighted by molar-refractivity contribution is 7.17. The fourth-order valence-electron chi connectivity index (χ4n) is 5.92. The van der Waals surface area contributed by atoms with Gasteiger partial charge >= 0.3 is 0 Å². The molecule has 2 aliphatic heterocycles. The molecular weight excluding hydrogens is 430 g/mol. The lowest BCUT2D eigenvalue weighted by molar-refractivity contribution is -0.118. The van der Waals surface area contributed by atoms with E-state index in [9.17, 15) is 14.9 Å². The van der Waals surface area contributed by atoms with Gasteiger partial charge in [-0.1, -0.05) is 44.2 Å². The zero-order chi connectivity index (χ0) is 22.9. The van der Waals surface area contributed by atoms with Crippen LogP contribution in [-0.4, -0.2) is 11.7 Å². The number of aryl methyl sites for hydroxylation is 1. The maximum atomic E-state index is 13.6. The van der Waals surface area contributed by atoms with Gasteiger partial charge in [0.2, 0.25) is 0 Å². The van der Waals surface area contributed by atoms with Crippen molar-refractivity contribution in [3.05, 3.63) is 74.6 Å². The van der Waals surface area contributed by atoms with E-state index in [4.69, 9.17) is 0 Å². The quantitative estimate of drug-likeness (QED) is 0.629. The molecule has 1 N–H and O–H groups in total. The number of fused-ring (bicyclic) bond motifs is 6. The number of carbonyl (C=O) groups excluding carboxylic acids is 2. The highest BCUT2D eigenvalue weighted by Gasteiger charge is 2.48. The number of nitrogens with zero attached hydrogens (tertiary/aromatic N) is 2. The van der Waals surface area contributed by atoms with Crippen molar-refractivity contribution < 1.29 is 9.59 Å². The van der Waals surface area contributed by atoms with Gasteiger partial charge in [-0.15, -0.1) is 11.3 Å². The van der Waals surface area contributed by atoms with Gasteiger partial charge in [-0.2, -0.15) is 5.26 Å². The van der Waals surface area contributed by atoms with Gasteiger partial charge in [0.05, 0.1) is 23.1 Å². The minimum atomic E-state index is -0.461. The Kier molecular flexibility index (Phi) is 4.44. The molecule has 1 aromatic heterocycles. The second-order valence-corrected chi connectivity index (χ2v) is 11.3. The van der Waals surface area contributed by atoms with E-state index < -0.39 is 5.92 Å². The first kappa shape index (κ1) is 20.4. The second-order valence-electron chi connectivity index (χ2n) is 10.2. The Morgan fingerprint density at radius 1 is 1.12 bits per heavy atom. The number of nitrogens with one attached hydrogen (secondary N) is 1. The predicted octanol–water partition coefficient (Wildman–Crippen LogP) is 5.35. The van der Waals surface area contributed by atoms with Crippen LogP contribution < -0.4 is 10.2 Å². The molecule has 6 heteroatoms. The summed E-state index contributed by atoms with van der Waals surface area (Å²) < 4.78 is 0. The molecule has 0 bridgehead atoms. The molecule has 33 heavy (non-hydrogen) atoms. The van der Waals surface area contributed by atoms with E-state index in [0.717, 1.165) is 59.5 Å². The summed E-state index contributed by atoms with van der Waals surface area (Å²) in [7, 11) is 0. The molecule has 5 nitrogen and oxygen atoms in total. The molecule has 0 radical (unpaired) electrons. The van der Waals surface area contributed by atoms with Crippen molar-refractivity contribution in [3.8, 4) is 6.07 Å². The lowest BCUT2D eigenvalue weighted by atomic mass is 9.68. The fraction of sp³-hybridized carbons (Fsp3) is 0.370. The second kappa shape index (κ2) is 7.16. The normalized spacial score (nSPS) is 23.3. The van der Waals surface area contributed by atoms with Crippen molar-refractivity contribution in [2.75, 3.05) is 4.90 Å². The van der Waals surface area contributed by atoms with E-state index in [1.54, 1.807) is 11.3 Å². The van der Waals surface area contributed by atoms with E-state index in [-0.39, 0.29) is 17.1 Å². The van der Waals surface area contributed by atoms with Crippen LogP contribution in [0.25, 0.3) is 0 Å². The summed E-state index contributed by atoms with van der Waals surface area (Å²) in [6.07, 6.45) is 5.30. The number of nitriles is 1. The lowest BCUT2D eigenvalue weighted by Gasteiger charge is -2.45. The number of carbonyl (C=O) groups is 2. The largest absolute Gasteiger partial charge is 0.307 e. The summed E-state index contributed by atoms with van der Waals surface area (Å²) in [5, 5.41) is 14.3. The van der Waals surface area contributed by atoms with Crippen LogP contribution in [0.1, 0.15) is 71.8 Å². The predicted molar refractivity (Wildman–Crippen MR) is 128 cm³/mol. The molecule has 1 aromatic carbocycles. The zero-order valence-electron chi connectivity index (χ0n) is 18.8. The number of ketones is 1. The maximum absolute atomic E-state index is 13.6. The third-order valence-corrected chi connectivity index (χ3v) is 8.57. The summed E-state index contributed by atoms with van der Waals surface area (Å²) in [6, 6.07) is 12.1. The standard InChI is InChI=1S/C27H25N3O2S/c1-27(2)12-18-23(19(31)13-27)21(15-8-4-3-5-9-15)17(14-28)24-29-25(32)22-16-10-6-7-11-20(16)33-26(22)30(18)24/h3-5,8-9,21H,6-7,10-13H2,1-2H3,(H,29,32). The Balaban J connectivity index is 1.65. The molecule has 166 valence electrons. The first-order valence-electron chi connectivity index (χ1n) is 11.6. The summed E-state index contributed by atoms with van der Waals surface area (Å²) in [4.78, 5) is 30.3. The number of rotatable bonds is 1. The first-order valence-corrected chi connectivity index (χ1v) is 12.4. The number of hydrogen-bond acceptors (Lipinski definition) is 5. The molecule has 0 spiro atoms. The van der Waals surface area contributed by atoms with Gasteiger partial charge < -0.3 is 5.32 Å². The molecule has 1 amide bonds. The third kappa shape index (κ3) is 2.95. The maximum Gasteiger partial charge on any atom is 0.260 e. The highest BCUT2D eigenvalue weighted by Crippen LogP contribution is 2.54. The number of anilines is 1. The molecule has 4 aliphatic rings. The van der Waals surface area contributed by atoms with Crippen LogP contribution in [0.3, 0.4) is 0 Å². The minimum absolute atomic E-state index is 0.0988. The molecule has 2 aliphatic carbocycles. The molecule has 0 fully saturated rings. The first-order chi connectivity index (χ1) is 15.9. The average Bonchev–Trinajstić information content (AvgIpc) is 3.18. The molecule has 1 atom stereocenters. The number of Topliss-reactive ketones (excluding diaryl/α,β-unsaturated/α-hetero) is 1. The van der Waals surface area contributed by atoms with Crippen LogP contribution in [0, 0.1) is 16.7 Å². The molecule has 2 aromatic rings. The van der Waals surface area contributed by atoms with Crippen LogP contribution in [0.15, 0.2) is 53.0 Å². The van der Waals surface area contributed by atoms with E-state index >= 15 is 0 Å². The molecule has 3 heterocycles. The molecular formula is C27H25N3O2S. The number of amides is 1. The summed E-state index contributed by atoms with van der Waals surface area (Å²) in [6.45, 7) is 4.25. The summed E-state index contributed by atoms with van der Waals surface area (Å²) >= 11 is 1.67. The van der Waals surface area contributed by atoms with Crippen LogP contribution in [-0.2, 0) is 17.6 Å². The number of hydrogen-bond donors (Lipinski definition) is 1. The van der Waals surface area contributed by atoms with Crippen molar-refractivity contribution in [2.45, 2.75) is 58.3 Å². The van der Waals surface area contributed by atoms with Crippen molar-refractivity contribution in [1.29, 1.82) is 5.26 Å². The smallest absolute Gasteiger partial charge is 0.260 e. The highest BCUT2D eigenvalue weighted by atomic mass is 32.1. The summed E-state index contributed by atoms with van der Waals surface area (Å²) in [5.74, 6) is 0.0477. The topological polar surface area (TPSA) is 73.2 Å². The molecule has 0 saturated heterocycles. The van der Waals surface area contributed by atoms with E-state index in [2.05, 4.69) is 30.1 Å². The fourth-order valence-corrected chi connectivity index (χ4v) is 7.34. The Morgan fingerprint density at radius 3 is 2.64 bits per heavy atom. The van der Waals surface area contributed by atoms with Crippen molar-refractivity contribution >= 4 is 28.0 Å². The van der Waals surface area contributed by atoms with Crippen molar-refractivity contribution in [2.24, 2.45) is 5.41 Å². The zero-order valence-corrected chi connectivity index (χ0v) is 19.6. The van der Waals surface area contributed by atoms with Gasteiger partial charge in [-0.3, -0.25) is 14.5 Å². The lowest BCUT2D eigenvalue weighted by Crippen LogP contribution is -2.47. The number of allylic oxidation sites excluding steroid dienone is 3. The average molecular weight is 456 g/mol. The van der Waals surface area contributed by atoms with Gasteiger partial charge in [0.25, 0.3) is 5.91 Å². The molecule has 6 rings (SSSR count). The van der Waals surface area contributed by atoms with Gasteiger partial charge in [0.1, 0.15) is 10.8 Å². The van der Waals surface area contributed by atoms with Crippen LogP contribution >= 0.6 is 11.3 Å². The van der Waals surface area contributed by atoms with Crippen molar-refractivity contribution in [1.82, 2.24) is 5.32 Å². The monoisotopic (exact) mass is 455 g/mol. The SMILES string of the molecule is CC1(C)CC(=O)C2=C(C1)N1C(=C(C#N)C2c2ccccc2)NC(=O)c2c1sc1c2CCCC1. The van der Waals surface area contributed by atoms with E-state index in [1.165, 1.54) is 4.88 Å². The molecule has 1 unspecified atom stereocenters. The number of benzene rings is 1. The van der Waals surface area contributed by atoms with E-state index in [1.807, 2.05) is 30.3 Å². The van der Waals surface area contributed by atoms with Crippen molar-refractivity contribution in [3.63, 3.8) is 0 Å². The Bertz CT molecular complexity index is 1320. The number of thiophene rings is 1. The Morgan fingerprint density at radius 2 is 1.88 bits per heavy atom. The Labute approximate surface area is 197 Å². The molecule has 0 saturated carbocycles. The van der Waals surface area contributed by atoms with Gasteiger partial charge in [0.15, 0.2) is 5.78 Å². The minimum Gasteiger partial charge on any atom is -0.307 e. The van der Waals surface area contributed by atoms with Gasteiger partial charge in [0, 0.05) is 22.6 Å². The Hall–Kier alpha value is -3.17. The van der Waals surface area contributed by atoms with Gasteiger partial charge in [-0.25, -0.2) is 0 Å². The third-order valence-electron chi connectivity index (χ3n) is 7.29. The van der Waals surface area contributed by atoms with Crippen LogP contribution in [0.2, 0.25) is 0 Å². The summed E-state index contributed by atoms with van der Waals surface area (Å²) in [5.41, 5.74) is 4.73. The van der Waals surface area contributed by atoms with Crippen LogP contribution in [0.5, 0.6) is 0 Å². The van der Waals surface area contributed by atoms with Gasteiger partial charge in [-0.05, 0) is 48.6 Å².